The summed E-state index contributed by atoms with van der Waals surface area (Å²) in [6, 6.07) is 12.6. The average molecular weight is 425 g/mol. The molecule has 2 N–H and O–H groups in total. The van der Waals surface area contributed by atoms with Crippen molar-refractivity contribution in [2.75, 3.05) is 41.3 Å². The molecule has 0 bridgehead atoms. The minimum Gasteiger partial charge on any atom is -0.356 e. The maximum Gasteiger partial charge on any atom is 0.232 e. The van der Waals surface area contributed by atoms with Crippen LogP contribution in [0.25, 0.3) is 0 Å². The second kappa shape index (κ2) is 9.60. The van der Waals surface area contributed by atoms with Crippen molar-refractivity contribution in [3.63, 3.8) is 0 Å². The van der Waals surface area contributed by atoms with Crippen molar-refractivity contribution in [3.8, 4) is 0 Å². The summed E-state index contributed by atoms with van der Waals surface area (Å²) in [5.41, 5.74) is 1.19. The summed E-state index contributed by atoms with van der Waals surface area (Å²) in [7, 11) is 0. The largest absolute Gasteiger partial charge is 0.356 e. The van der Waals surface area contributed by atoms with Crippen LogP contribution < -0.4 is 20.4 Å². The SMILES string of the molecule is C[C@H]1CCCN(c2cc(N3CCCC3)nc(NC(=S)N[C@H](C)c3ccccc3)n2)C1. The van der Waals surface area contributed by atoms with Gasteiger partial charge >= 0.3 is 0 Å². The van der Waals surface area contributed by atoms with Gasteiger partial charge in [0.2, 0.25) is 5.95 Å². The van der Waals surface area contributed by atoms with E-state index in [9.17, 15) is 0 Å². The molecule has 0 unspecified atom stereocenters. The highest BCUT2D eigenvalue weighted by molar-refractivity contribution is 7.80. The van der Waals surface area contributed by atoms with Gasteiger partial charge in [0.1, 0.15) is 11.6 Å². The molecule has 1 aromatic heterocycles. The average Bonchev–Trinajstić information content (AvgIpc) is 3.29. The lowest BCUT2D eigenvalue weighted by molar-refractivity contribution is 0.444. The summed E-state index contributed by atoms with van der Waals surface area (Å²) < 4.78 is 0. The van der Waals surface area contributed by atoms with Gasteiger partial charge in [0.25, 0.3) is 0 Å². The Hall–Kier alpha value is -2.41. The van der Waals surface area contributed by atoms with Crippen LogP contribution in [0.4, 0.5) is 17.6 Å². The summed E-state index contributed by atoms with van der Waals surface area (Å²) in [4.78, 5) is 14.4. The van der Waals surface area contributed by atoms with Crippen LogP contribution in [0.3, 0.4) is 0 Å². The second-order valence-electron chi connectivity index (χ2n) is 8.53. The Bertz CT molecular complexity index is 852. The smallest absolute Gasteiger partial charge is 0.232 e. The summed E-state index contributed by atoms with van der Waals surface area (Å²) in [6.45, 7) is 8.63. The molecule has 2 saturated heterocycles. The van der Waals surface area contributed by atoms with Crippen LogP contribution in [0.2, 0.25) is 0 Å². The molecule has 4 rings (SSSR count). The molecule has 0 aliphatic carbocycles. The number of piperidine rings is 1. The molecule has 2 aliphatic rings. The Balaban J connectivity index is 1.51. The maximum absolute atomic E-state index is 5.58. The number of thiocarbonyl (C=S) groups is 1. The Morgan fingerprint density at radius 2 is 1.70 bits per heavy atom. The third-order valence-electron chi connectivity index (χ3n) is 5.98. The molecule has 6 nitrogen and oxygen atoms in total. The normalized spacial score (nSPS) is 20.1. The number of aromatic nitrogens is 2. The first-order chi connectivity index (χ1) is 14.6. The summed E-state index contributed by atoms with van der Waals surface area (Å²) in [6.07, 6.45) is 4.94. The standard InChI is InChI=1S/C23H32N6S/c1-17-9-8-14-29(16-17)21-15-20(28-12-6-7-13-28)25-22(26-21)27-23(30)24-18(2)19-10-4-3-5-11-19/h3-5,10-11,15,17-18H,6-9,12-14,16H2,1-2H3,(H2,24,25,26,27,30)/t17-,18+/m0/s1. The van der Waals surface area contributed by atoms with Gasteiger partial charge in [-0.05, 0) is 56.3 Å². The van der Waals surface area contributed by atoms with Gasteiger partial charge in [0, 0.05) is 32.2 Å². The monoisotopic (exact) mass is 424 g/mol. The van der Waals surface area contributed by atoms with E-state index in [1.165, 1.54) is 31.2 Å². The number of hydrogen-bond donors (Lipinski definition) is 2. The zero-order valence-electron chi connectivity index (χ0n) is 18.0. The second-order valence-corrected chi connectivity index (χ2v) is 8.93. The van der Waals surface area contributed by atoms with E-state index in [4.69, 9.17) is 22.2 Å². The van der Waals surface area contributed by atoms with Crippen LogP contribution in [0.15, 0.2) is 36.4 Å². The van der Waals surface area contributed by atoms with Gasteiger partial charge in [-0.25, -0.2) is 0 Å². The maximum atomic E-state index is 5.58. The Morgan fingerprint density at radius 1 is 1.03 bits per heavy atom. The van der Waals surface area contributed by atoms with E-state index < -0.39 is 0 Å². The zero-order chi connectivity index (χ0) is 20.9. The molecule has 2 fully saturated rings. The lowest BCUT2D eigenvalue weighted by Crippen LogP contribution is -2.36. The van der Waals surface area contributed by atoms with Crippen molar-refractivity contribution in [1.29, 1.82) is 0 Å². The van der Waals surface area contributed by atoms with E-state index >= 15 is 0 Å². The molecular formula is C23H32N6S. The van der Waals surface area contributed by atoms with Crippen molar-refractivity contribution in [2.45, 2.75) is 45.6 Å². The Kier molecular flexibility index (Phi) is 6.67. The Morgan fingerprint density at radius 3 is 2.40 bits per heavy atom. The molecule has 0 amide bonds. The minimum atomic E-state index is 0.107. The topological polar surface area (TPSA) is 56.3 Å². The van der Waals surface area contributed by atoms with Gasteiger partial charge in [0.05, 0.1) is 6.04 Å². The number of hydrogen-bond acceptors (Lipinski definition) is 5. The molecule has 0 spiro atoms. The van der Waals surface area contributed by atoms with E-state index in [-0.39, 0.29) is 6.04 Å². The highest BCUT2D eigenvalue weighted by Gasteiger charge is 2.22. The minimum absolute atomic E-state index is 0.107. The van der Waals surface area contributed by atoms with Crippen molar-refractivity contribution in [1.82, 2.24) is 15.3 Å². The van der Waals surface area contributed by atoms with Gasteiger partial charge in [-0.2, -0.15) is 9.97 Å². The van der Waals surface area contributed by atoms with E-state index in [0.29, 0.717) is 17.0 Å². The van der Waals surface area contributed by atoms with Gasteiger partial charge in [0.15, 0.2) is 5.11 Å². The zero-order valence-corrected chi connectivity index (χ0v) is 18.8. The molecule has 2 atom stereocenters. The third-order valence-corrected chi connectivity index (χ3v) is 6.20. The lowest BCUT2D eigenvalue weighted by Gasteiger charge is -2.32. The third kappa shape index (κ3) is 5.19. The van der Waals surface area contributed by atoms with Gasteiger partial charge < -0.3 is 20.4 Å². The molecule has 160 valence electrons. The highest BCUT2D eigenvalue weighted by atomic mass is 32.1. The van der Waals surface area contributed by atoms with E-state index in [1.807, 2.05) is 18.2 Å². The van der Waals surface area contributed by atoms with Crippen molar-refractivity contribution in [3.05, 3.63) is 42.0 Å². The van der Waals surface area contributed by atoms with Crippen molar-refractivity contribution >= 4 is 34.9 Å². The molecule has 30 heavy (non-hydrogen) atoms. The van der Waals surface area contributed by atoms with Crippen LogP contribution in [0.5, 0.6) is 0 Å². The van der Waals surface area contributed by atoms with Crippen LogP contribution >= 0.6 is 12.2 Å². The Labute approximate surface area is 185 Å². The van der Waals surface area contributed by atoms with E-state index in [2.05, 4.69) is 52.5 Å². The number of nitrogens with zero attached hydrogens (tertiary/aromatic N) is 4. The predicted molar refractivity (Wildman–Crippen MR) is 128 cm³/mol. The predicted octanol–water partition coefficient (Wildman–Crippen LogP) is 4.36. The van der Waals surface area contributed by atoms with Crippen LogP contribution in [-0.4, -0.2) is 41.3 Å². The fraction of sp³-hybridized carbons (Fsp3) is 0.522. The van der Waals surface area contributed by atoms with Crippen LogP contribution in [0.1, 0.15) is 51.1 Å². The molecule has 2 aliphatic heterocycles. The fourth-order valence-corrected chi connectivity index (χ4v) is 4.57. The van der Waals surface area contributed by atoms with Gasteiger partial charge in [-0.1, -0.05) is 37.3 Å². The molecule has 0 radical (unpaired) electrons. The van der Waals surface area contributed by atoms with Gasteiger partial charge in [-0.3, -0.25) is 0 Å². The summed E-state index contributed by atoms with van der Waals surface area (Å²) >= 11 is 5.58. The molecule has 3 heterocycles. The quantitative estimate of drug-likeness (QED) is 0.692. The molecule has 7 heteroatoms. The van der Waals surface area contributed by atoms with Crippen LogP contribution in [-0.2, 0) is 0 Å². The highest BCUT2D eigenvalue weighted by Crippen LogP contribution is 2.27. The summed E-state index contributed by atoms with van der Waals surface area (Å²) in [5.74, 6) is 3.26. The van der Waals surface area contributed by atoms with Crippen molar-refractivity contribution < 1.29 is 0 Å². The molecule has 1 aromatic carbocycles. The molecular weight excluding hydrogens is 392 g/mol. The number of anilines is 3. The van der Waals surface area contributed by atoms with E-state index in [0.717, 1.165) is 37.8 Å². The first-order valence-corrected chi connectivity index (χ1v) is 11.5. The fourth-order valence-electron chi connectivity index (χ4n) is 4.30. The first kappa shape index (κ1) is 20.8. The number of rotatable bonds is 5. The van der Waals surface area contributed by atoms with Crippen LogP contribution in [0, 0.1) is 5.92 Å². The number of nitrogens with one attached hydrogen (secondary N) is 2. The summed E-state index contributed by atoms with van der Waals surface area (Å²) in [5, 5.41) is 7.14. The van der Waals surface area contributed by atoms with E-state index in [1.54, 1.807) is 0 Å². The number of benzene rings is 1. The molecule has 0 saturated carbocycles. The molecule has 2 aromatic rings. The van der Waals surface area contributed by atoms with Gasteiger partial charge in [-0.15, -0.1) is 0 Å². The van der Waals surface area contributed by atoms with Crippen molar-refractivity contribution in [2.24, 2.45) is 5.92 Å². The lowest BCUT2D eigenvalue weighted by atomic mass is 10.0. The first-order valence-electron chi connectivity index (χ1n) is 11.1.